The Kier molecular flexibility index (Phi) is 8.78. The van der Waals surface area contributed by atoms with Gasteiger partial charge in [0.2, 0.25) is 0 Å². The molecule has 114 valence electrons. The van der Waals surface area contributed by atoms with E-state index in [0.717, 1.165) is 31.5 Å². The molecular weight excluding hydrogens is 297 g/mol. The molecule has 6 heteroatoms. The molecule has 1 atom stereocenters. The van der Waals surface area contributed by atoms with Crippen molar-refractivity contribution in [1.29, 1.82) is 0 Å². The highest BCUT2D eigenvalue weighted by Gasteiger charge is 2.26. The molecule has 1 aliphatic heterocycles. The van der Waals surface area contributed by atoms with Crippen LogP contribution in [0.25, 0.3) is 0 Å². The first kappa shape index (κ1) is 19.2. The lowest BCUT2D eigenvalue weighted by Crippen LogP contribution is -2.44. The maximum Gasteiger partial charge on any atom is 0.255 e. The molecule has 20 heavy (non-hydrogen) atoms. The Morgan fingerprint density at radius 3 is 2.75 bits per heavy atom. The molecule has 1 amide bonds. The second-order valence-corrected chi connectivity index (χ2v) is 4.91. The van der Waals surface area contributed by atoms with Gasteiger partial charge in [-0.05, 0) is 51.3 Å². The summed E-state index contributed by atoms with van der Waals surface area (Å²) >= 11 is 0. The number of carbonyl (C=O) groups excluding carboxylic acids is 1. The topological polar surface area (TPSA) is 59.2 Å². The number of pyridine rings is 1. The molecule has 0 bridgehead atoms. The van der Waals surface area contributed by atoms with Crippen molar-refractivity contribution in [2.24, 2.45) is 5.73 Å². The minimum absolute atomic E-state index is 0. The summed E-state index contributed by atoms with van der Waals surface area (Å²) < 4.78 is 0. The third-order valence-corrected chi connectivity index (χ3v) is 3.55. The van der Waals surface area contributed by atoms with Gasteiger partial charge in [-0.1, -0.05) is 0 Å². The van der Waals surface area contributed by atoms with Crippen molar-refractivity contribution >= 4 is 30.7 Å². The van der Waals surface area contributed by atoms with E-state index in [1.165, 1.54) is 6.42 Å². The number of nitrogens with two attached hydrogens (primary N) is 1. The molecule has 1 fully saturated rings. The van der Waals surface area contributed by atoms with Crippen LogP contribution in [0.1, 0.15) is 41.7 Å². The minimum Gasteiger partial charge on any atom is -0.336 e. The van der Waals surface area contributed by atoms with Crippen LogP contribution in [0, 0.1) is 6.92 Å². The zero-order valence-electron chi connectivity index (χ0n) is 11.7. The maximum atomic E-state index is 12.4. The Labute approximate surface area is 132 Å². The van der Waals surface area contributed by atoms with Crippen LogP contribution in [-0.4, -0.2) is 34.9 Å². The number of aryl methyl sites for hydroxylation is 1. The molecular formula is C14H23Cl2N3O. The molecule has 0 saturated carbocycles. The van der Waals surface area contributed by atoms with E-state index in [-0.39, 0.29) is 30.7 Å². The Balaban J connectivity index is 0.00000180. The zero-order valence-corrected chi connectivity index (χ0v) is 13.4. The second kappa shape index (κ2) is 9.16. The van der Waals surface area contributed by atoms with Gasteiger partial charge in [-0.3, -0.25) is 9.78 Å². The number of rotatable bonds is 3. The third-order valence-electron chi connectivity index (χ3n) is 3.55. The summed E-state index contributed by atoms with van der Waals surface area (Å²) in [5, 5.41) is 0. The molecule has 0 aliphatic carbocycles. The molecule has 2 rings (SSSR count). The van der Waals surface area contributed by atoms with Gasteiger partial charge in [0.25, 0.3) is 5.91 Å². The van der Waals surface area contributed by atoms with Gasteiger partial charge in [0.05, 0.1) is 5.56 Å². The third kappa shape index (κ3) is 4.62. The van der Waals surface area contributed by atoms with Crippen LogP contribution in [0.5, 0.6) is 0 Å². The first-order valence-corrected chi connectivity index (χ1v) is 6.66. The predicted octanol–water partition coefficient (Wildman–Crippen LogP) is 2.58. The Morgan fingerprint density at radius 2 is 2.15 bits per heavy atom. The van der Waals surface area contributed by atoms with Gasteiger partial charge in [-0.25, -0.2) is 0 Å². The predicted molar refractivity (Wildman–Crippen MR) is 85.8 cm³/mol. The van der Waals surface area contributed by atoms with Gasteiger partial charge >= 0.3 is 0 Å². The van der Waals surface area contributed by atoms with Crippen molar-refractivity contribution in [2.45, 2.75) is 38.6 Å². The molecule has 1 aromatic heterocycles. The van der Waals surface area contributed by atoms with Crippen LogP contribution in [0.2, 0.25) is 0 Å². The molecule has 0 radical (unpaired) electrons. The summed E-state index contributed by atoms with van der Waals surface area (Å²) in [4.78, 5) is 18.6. The molecule has 1 aromatic rings. The SMILES string of the molecule is Cc1ccc(C(=O)N2CCCCC2CCN)cn1.Cl.Cl. The number of halogens is 2. The molecule has 2 N–H and O–H groups in total. The lowest BCUT2D eigenvalue weighted by atomic mass is 9.98. The number of likely N-dealkylation sites (tertiary alicyclic amines) is 1. The number of piperidine rings is 1. The summed E-state index contributed by atoms with van der Waals surface area (Å²) in [7, 11) is 0. The smallest absolute Gasteiger partial charge is 0.255 e. The average molecular weight is 320 g/mol. The normalized spacial score (nSPS) is 17.9. The Bertz CT molecular complexity index is 409. The molecule has 1 unspecified atom stereocenters. The average Bonchev–Trinajstić information content (AvgIpc) is 2.40. The first-order chi connectivity index (χ1) is 8.72. The Hall–Kier alpha value is -0.840. The van der Waals surface area contributed by atoms with Gasteiger partial charge in [0.15, 0.2) is 0 Å². The van der Waals surface area contributed by atoms with Crippen LogP contribution in [0.15, 0.2) is 18.3 Å². The van der Waals surface area contributed by atoms with E-state index in [2.05, 4.69) is 4.98 Å². The largest absolute Gasteiger partial charge is 0.336 e. The van der Waals surface area contributed by atoms with Crippen LogP contribution < -0.4 is 5.73 Å². The van der Waals surface area contributed by atoms with Crippen molar-refractivity contribution in [3.05, 3.63) is 29.6 Å². The van der Waals surface area contributed by atoms with Gasteiger partial charge in [0, 0.05) is 24.5 Å². The molecule has 1 saturated heterocycles. The summed E-state index contributed by atoms with van der Waals surface area (Å²) in [6, 6.07) is 4.05. The quantitative estimate of drug-likeness (QED) is 0.931. The van der Waals surface area contributed by atoms with E-state index >= 15 is 0 Å². The monoisotopic (exact) mass is 319 g/mol. The van der Waals surface area contributed by atoms with E-state index in [1.807, 2.05) is 24.0 Å². The highest BCUT2D eigenvalue weighted by Crippen LogP contribution is 2.21. The summed E-state index contributed by atoms with van der Waals surface area (Å²) in [5.41, 5.74) is 7.25. The van der Waals surface area contributed by atoms with Gasteiger partial charge < -0.3 is 10.6 Å². The minimum atomic E-state index is 0. The van der Waals surface area contributed by atoms with Gasteiger partial charge in [-0.15, -0.1) is 24.8 Å². The van der Waals surface area contributed by atoms with E-state index in [1.54, 1.807) is 6.20 Å². The van der Waals surface area contributed by atoms with Gasteiger partial charge in [-0.2, -0.15) is 0 Å². The molecule has 2 heterocycles. The lowest BCUT2D eigenvalue weighted by Gasteiger charge is -2.35. The van der Waals surface area contributed by atoms with Gasteiger partial charge in [0.1, 0.15) is 0 Å². The zero-order chi connectivity index (χ0) is 13.0. The van der Waals surface area contributed by atoms with Crippen molar-refractivity contribution in [2.75, 3.05) is 13.1 Å². The fourth-order valence-corrected chi connectivity index (χ4v) is 2.52. The number of hydrogen-bond acceptors (Lipinski definition) is 3. The van der Waals surface area contributed by atoms with Crippen LogP contribution >= 0.6 is 24.8 Å². The van der Waals surface area contributed by atoms with Crippen molar-refractivity contribution in [1.82, 2.24) is 9.88 Å². The molecule has 1 aliphatic rings. The standard InChI is InChI=1S/C14H21N3O.2ClH/c1-11-5-6-12(10-16-11)14(18)17-9-3-2-4-13(17)7-8-15;;/h5-6,10,13H,2-4,7-9,15H2,1H3;2*1H. The first-order valence-electron chi connectivity index (χ1n) is 6.66. The number of aromatic nitrogens is 1. The van der Waals surface area contributed by atoms with Crippen LogP contribution in [-0.2, 0) is 0 Å². The van der Waals surface area contributed by atoms with E-state index in [0.29, 0.717) is 18.2 Å². The van der Waals surface area contributed by atoms with E-state index in [4.69, 9.17) is 5.73 Å². The fourth-order valence-electron chi connectivity index (χ4n) is 2.52. The summed E-state index contributed by atoms with van der Waals surface area (Å²) in [6.45, 7) is 3.41. The fraction of sp³-hybridized carbons (Fsp3) is 0.571. The highest BCUT2D eigenvalue weighted by atomic mass is 35.5. The number of hydrogen-bond donors (Lipinski definition) is 1. The molecule has 0 aromatic carbocycles. The highest BCUT2D eigenvalue weighted by molar-refractivity contribution is 5.94. The van der Waals surface area contributed by atoms with Crippen molar-refractivity contribution in [3.8, 4) is 0 Å². The molecule has 4 nitrogen and oxygen atoms in total. The number of carbonyl (C=O) groups is 1. The van der Waals surface area contributed by atoms with Crippen molar-refractivity contribution < 1.29 is 4.79 Å². The van der Waals surface area contributed by atoms with Crippen LogP contribution in [0.4, 0.5) is 0 Å². The van der Waals surface area contributed by atoms with Crippen molar-refractivity contribution in [3.63, 3.8) is 0 Å². The Morgan fingerprint density at radius 1 is 1.40 bits per heavy atom. The van der Waals surface area contributed by atoms with E-state index < -0.39 is 0 Å². The lowest BCUT2D eigenvalue weighted by molar-refractivity contribution is 0.0604. The number of nitrogens with zero attached hydrogens (tertiary/aromatic N) is 2. The molecule has 0 spiro atoms. The summed E-state index contributed by atoms with van der Waals surface area (Å²) in [5.74, 6) is 0.0978. The number of amides is 1. The second-order valence-electron chi connectivity index (χ2n) is 4.91. The summed E-state index contributed by atoms with van der Waals surface area (Å²) in [6.07, 6.45) is 5.92. The maximum absolute atomic E-state index is 12.4. The van der Waals surface area contributed by atoms with Crippen LogP contribution in [0.3, 0.4) is 0 Å². The van der Waals surface area contributed by atoms with E-state index in [9.17, 15) is 4.79 Å².